The molecule has 0 atom stereocenters. The topological polar surface area (TPSA) is 28.1 Å². The molecule has 2 aromatic carbocycles. The molecule has 0 amide bonds. The van der Waals surface area contributed by atoms with Crippen molar-refractivity contribution >= 4 is 34.0 Å². The van der Waals surface area contributed by atoms with E-state index in [-0.39, 0.29) is 0 Å². The van der Waals surface area contributed by atoms with E-state index in [9.17, 15) is 0 Å². The minimum absolute atomic E-state index is 0.917. The maximum Gasteiger partial charge on any atom is 0.0712 e. The average molecular weight is 256 g/mol. The highest BCUT2D eigenvalue weighted by Gasteiger charge is 2.26. The Bertz CT molecular complexity index is 925. The van der Waals surface area contributed by atoms with Crippen LogP contribution in [0.2, 0.25) is 0 Å². The number of benzene rings is 2. The van der Waals surface area contributed by atoms with E-state index in [0.29, 0.717) is 0 Å². The van der Waals surface area contributed by atoms with Gasteiger partial charge >= 0.3 is 0 Å². The molecule has 1 N–H and O–H groups in total. The number of nitrogens with one attached hydrogen (secondary N) is 1. The average Bonchev–Trinajstić information content (AvgIpc) is 3.02. The lowest BCUT2D eigenvalue weighted by Crippen LogP contribution is -2.07. The van der Waals surface area contributed by atoms with Gasteiger partial charge in [-0.1, -0.05) is 36.4 Å². The van der Waals surface area contributed by atoms with Gasteiger partial charge in [-0.2, -0.15) is 0 Å². The lowest BCUT2D eigenvalue weighted by molar-refractivity contribution is 1.30. The monoisotopic (exact) mass is 256 g/mol. The molecule has 94 valence electrons. The van der Waals surface area contributed by atoms with Crippen molar-refractivity contribution in [1.82, 2.24) is 4.98 Å². The summed E-state index contributed by atoms with van der Waals surface area (Å²) in [5.74, 6) is 0. The van der Waals surface area contributed by atoms with Gasteiger partial charge in [-0.25, -0.2) is 0 Å². The second-order valence-electron chi connectivity index (χ2n) is 5.37. The van der Waals surface area contributed by atoms with Gasteiger partial charge in [0.1, 0.15) is 0 Å². The maximum atomic E-state index is 4.79. The molecule has 2 heteroatoms. The summed E-state index contributed by atoms with van der Waals surface area (Å²) in [5.41, 5.74) is 8.65. The van der Waals surface area contributed by atoms with Crippen LogP contribution in [-0.4, -0.2) is 10.7 Å². The molecule has 0 fully saturated rings. The van der Waals surface area contributed by atoms with Crippen molar-refractivity contribution in [2.24, 2.45) is 4.99 Å². The summed E-state index contributed by atoms with van der Waals surface area (Å²) in [6, 6.07) is 16.9. The Balaban J connectivity index is 1.80. The second-order valence-corrected chi connectivity index (χ2v) is 5.37. The minimum Gasteiger partial charge on any atom is -0.355 e. The zero-order chi connectivity index (χ0) is 13.1. The van der Waals surface area contributed by atoms with Crippen LogP contribution < -0.4 is 0 Å². The number of aliphatic imine (C=N–C) groups is 1. The SMILES string of the molecule is C1=C2C(=Nc3ccccc32)Cc2c1[nH]c1ccccc21. The molecule has 2 aliphatic rings. The van der Waals surface area contributed by atoms with Crippen LogP contribution in [0.1, 0.15) is 16.8 Å². The Morgan fingerprint density at radius 1 is 0.950 bits per heavy atom. The lowest BCUT2D eigenvalue weighted by Gasteiger charge is -2.11. The van der Waals surface area contributed by atoms with Crippen molar-refractivity contribution in [3.8, 4) is 0 Å². The quantitative estimate of drug-likeness (QED) is 0.619. The Kier molecular flexibility index (Phi) is 1.78. The van der Waals surface area contributed by atoms with Crippen LogP contribution in [0.3, 0.4) is 0 Å². The molecule has 20 heavy (non-hydrogen) atoms. The van der Waals surface area contributed by atoms with Crippen LogP contribution in [0.5, 0.6) is 0 Å². The van der Waals surface area contributed by atoms with Gasteiger partial charge in [-0.15, -0.1) is 0 Å². The van der Waals surface area contributed by atoms with Crippen LogP contribution >= 0.6 is 0 Å². The van der Waals surface area contributed by atoms with Gasteiger partial charge in [0.25, 0.3) is 0 Å². The Labute approximate surface area is 116 Å². The van der Waals surface area contributed by atoms with Crippen LogP contribution in [0.25, 0.3) is 22.6 Å². The van der Waals surface area contributed by atoms with Crippen LogP contribution in [0.15, 0.2) is 53.5 Å². The van der Waals surface area contributed by atoms with Gasteiger partial charge in [-0.3, -0.25) is 4.99 Å². The Morgan fingerprint density at radius 3 is 2.80 bits per heavy atom. The molecule has 1 aliphatic carbocycles. The lowest BCUT2D eigenvalue weighted by atomic mass is 9.91. The predicted molar refractivity (Wildman–Crippen MR) is 83.4 cm³/mol. The number of hydrogen-bond acceptors (Lipinski definition) is 1. The molecule has 1 aliphatic heterocycles. The van der Waals surface area contributed by atoms with Crippen LogP contribution in [0.4, 0.5) is 5.69 Å². The molecule has 5 rings (SSSR count). The predicted octanol–water partition coefficient (Wildman–Crippen LogP) is 4.35. The van der Waals surface area contributed by atoms with Gasteiger partial charge < -0.3 is 4.98 Å². The van der Waals surface area contributed by atoms with Crippen molar-refractivity contribution in [2.45, 2.75) is 6.42 Å². The molecule has 2 nitrogen and oxygen atoms in total. The fourth-order valence-electron chi connectivity index (χ4n) is 3.30. The van der Waals surface area contributed by atoms with Gasteiger partial charge in [0.15, 0.2) is 0 Å². The number of aromatic nitrogens is 1. The van der Waals surface area contributed by atoms with E-state index >= 15 is 0 Å². The Hall–Kier alpha value is -2.61. The molecular weight excluding hydrogens is 244 g/mol. The summed E-state index contributed by atoms with van der Waals surface area (Å²) in [4.78, 5) is 8.32. The summed E-state index contributed by atoms with van der Waals surface area (Å²) < 4.78 is 0. The normalized spacial score (nSPS) is 15.4. The van der Waals surface area contributed by atoms with Gasteiger partial charge in [0.2, 0.25) is 0 Å². The number of rotatable bonds is 0. The number of allylic oxidation sites excluding steroid dienone is 1. The number of fused-ring (bicyclic) bond motifs is 6. The van der Waals surface area contributed by atoms with Crippen molar-refractivity contribution in [1.29, 1.82) is 0 Å². The fraction of sp³-hybridized carbons (Fsp3) is 0.0556. The van der Waals surface area contributed by atoms with E-state index in [4.69, 9.17) is 4.99 Å². The summed E-state index contributed by atoms with van der Waals surface area (Å²) in [5, 5.41) is 1.32. The Morgan fingerprint density at radius 2 is 1.80 bits per heavy atom. The minimum atomic E-state index is 0.917. The number of H-pyrrole nitrogens is 1. The van der Waals surface area contributed by atoms with E-state index in [0.717, 1.165) is 12.1 Å². The zero-order valence-electron chi connectivity index (χ0n) is 10.9. The standard InChI is InChI=1S/C18H12N2/c1-3-7-15-11(5-1)13-9-18-14(10-17(13)19-15)12-6-2-4-8-16(12)20-18/h1-9,20H,10H2. The van der Waals surface area contributed by atoms with Crippen molar-refractivity contribution in [3.05, 3.63) is 65.4 Å². The summed E-state index contributed by atoms with van der Waals surface area (Å²) in [7, 11) is 0. The third-order valence-corrected chi connectivity index (χ3v) is 4.24. The highest BCUT2D eigenvalue weighted by molar-refractivity contribution is 6.35. The number of hydrogen-bond donors (Lipinski definition) is 1. The zero-order valence-corrected chi connectivity index (χ0v) is 10.9. The first kappa shape index (κ1) is 10.2. The maximum absolute atomic E-state index is 4.79. The highest BCUT2D eigenvalue weighted by atomic mass is 14.8. The first-order valence-electron chi connectivity index (χ1n) is 6.89. The van der Waals surface area contributed by atoms with E-state index in [1.807, 2.05) is 0 Å². The molecule has 0 radical (unpaired) electrons. The third kappa shape index (κ3) is 1.21. The first-order chi connectivity index (χ1) is 9.90. The second kappa shape index (κ2) is 3.48. The molecule has 0 saturated carbocycles. The van der Waals surface area contributed by atoms with Crippen molar-refractivity contribution in [2.75, 3.05) is 0 Å². The molecule has 3 aromatic rings. The van der Waals surface area contributed by atoms with Gasteiger partial charge in [0.05, 0.1) is 11.4 Å². The van der Waals surface area contributed by atoms with E-state index in [1.165, 1.54) is 39.0 Å². The molecule has 0 bridgehead atoms. The first-order valence-corrected chi connectivity index (χ1v) is 6.89. The van der Waals surface area contributed by atoms with E-state index in [1.54, 1.807) is 0 Å². The number of aromatic amines is 1. The van der Waals surface area contributed by atoms with Gasteiger partial charge in [-0.05, 0) is 23.8 Å². The van der Waals surface area contributed by atoms with Crippen molar-refractivity contribution in [3.63, 3.8) is 0 Å². The smallest absolute Gasteiger partial charge is 0.0712 e. The van der Waals surface area contributed by atoms with E-state index < -0.39 is 0 Å². The molecule has 2 heterocycles. The molecule has 0 unspecified atom stereocenters. The third-order valence-electron chi connectivity index (χ3n) is 4.24. The van der Waals surface area contributed by atoms with Crippen molar-refractivity contribution < 1.29 is 0 Å². The summed E-state index contributed by atoms with van der Waals surface area (Å²) >= 11 is 0. The van der Waals surface area contributed by atoms with Crippen LogP contribution in [-0.2, 0) is 6.42 Å². The summed E-state index contributed by atoms with van der Waals surface area (Å²) in [6.07, 6.45) is 3.17. The number of nitrogens with zero attached hydrogens (tertiary/aromatic N) is 1. The van der Waals surface area contributed by atoms with Gasteiger partial charge in [0, 0.05) is 34.2 Å². The molecular formula is C18H12N2. The van der Waals surface area contributed by atoms with Crippen LogP contribution in [0, 0.1) is 0 Å². The molecule has 1 aromatic heterocycles. The van der Waals surface area contributed by atoms with E-state index in [2.05, 4.69) is 59.6 Å². The highest BCUT2D eigenvalue weighted by Crippen LogP contribution is 2.41. The number of para-hydroxylation sites is 2. The summed E-state index contributed by atoms with van der Waals surface area (Å²) in [6.45, 7) is 0. The molecule has 0 saturated heterocycles. The largest absolute Gasteiger partial charge is 0.355 e. The fourth-order valence-corrected chi connectivity index (χ4v) is 3.30. The molecule has 0 spiro atoms.